The number of aromatic nitrogens is 4. The second-order valence-electron chi connectivity index (χ2n) is 4.54. The van der Waals surface area contributed by atoms with Crippen LogP contribution >= 0.6 is 11.8 Å². The van der Waals surface area contributed by atoms with Crippen LogP contribution in [0, 0.1) is 0 Å². The van der Waals surface area contributed by atoms with E-state index in [0.29, 0.717) is 0 Å². The third-order valence-electron chi connectivity index (χ3n) is 2.98. The van der Waals surface area contributed by atoms with Crippen molar-refractivity contribution in [3.8, 4) is 5.75 Å². The van der Waals surface area contributed by atoms with Crippen molar-refractivity contribution in [1.29, 1.82) is 0 Å². The first kappa shape index (κ1) is 15.8. The van der Waals surface area contributed by atoms with Gasteiger partial charge in [-0.25, -0.2) is 4.68 Å². The van der Waals surface area contributed by atoms with Crippen molar-refractivity contribution in [3.05, 3.63) is 29.8 Å². The van der Waals surface area contributed by atoms with Crippen LogP contribution in [0.25, 0.3) is 0 Å². The summed E-state index contributed by atoms with van der Waals surface area (Å²) < 4.78 is 7.19. The minimum Gasteiger partial charge on any atom is -0.496 e. The Balaban J connectivity index is 1.90. The molecule has 0 aliphatic rings. The van der Waals surface area contributed by atoms with Crippen LogP contribution in [0.3, 0.4) is 0 Å². The Hall–Kier alpha value is -1.60. The van der Waals surface area contributed by atoms with Crippen LogP contribution in [0.4, 0.5) is 0 Å². The molecule has 1 aromatic heterocycles. The Kier molecular flexibility index (Phi) is 6.49. The van der Waals surface area contributed by atoms with Gasteiger partial charge in [0, 0.05) is 17.9 Å². The zero-order chi connectivity index (χ0) is 14.9. The molecule has 0 fully saturated rings. The Bertz CT molecular complexity index is 546. The zero-order valence-electron chi connectivity index (χ0n) is 12.5. The zero-order valence-corrected chi connectivity index (χ0v) is 13.3. The molecule has 21 heavy (non-hydrogen) atoms. The molecule has 0 atom stereocenters. The van der Waals surface area contributed by atoms with Gasteiger partial charge in [0.15, 0.2) is 0 Å². The van der Waals surface area contributed by atoms with Gasteiger partial charge in [-0.15, -0.1) is 5.10 Å². The van der Waals surface area contributed by atoms with Crippen molar-refractivity contribution >= 4 is 11.8 Å². The fraction of sp³-hybridized carbons (Fsp3) is 0.500. The molecular formula is C14H21N5OS. The summed E-state index contributed by atoms with van der Waals surface area (Å²) in [5.74, 6) is 1.68. The van der Waals surface area contributed by atoms with E-state index in [1.165, 1.54) is 0 Å². The molecule has 0 amide bonds. The van der Waals surface area contributed by atoms with Crippen molar-refractivity contribution in [1.82, 2.24) is 25.5 Å². The van der Waals surface area contributed by atoms with Gasteiger partial charge in [-0.3, -0.25) is 0 Å². The summed E-state index contributed by atoms with van der Waals surface area (Å²) in [6.07, 6.45) is 1.13. The van der Waals surface area contributed by atoms with E-state index in [4.69, 9.17) is 4.74 Å². The second-order valence-corrected chi connectivity index (χ2v) is 5.48. The number of hydrogen-bond acceptors (Lipinski definition) is 6. The monoisotopic (exact) mass is 307 g/mol. The molecular weight excluding hydrogens is 286 g/mol. The van der Waals surface area contributed by atoms with Gasteiger partial charge in [0.05, 0.1) is 13.7 Å². The van der Waals surface area contributed by atoms with Crippen molar-refractivity contribution < 1.29 is 4.74 Å². The van der Waals surface area contributed by atoms with Crippen molar-refractivity contribution in [2.45, 2.75) is 30.8 Å². The molecule has 0 saturated carbocycles. The van der Waals surface area contributed by atoms with Gasteiger partial charge in [-0.2, -0.15) is 0 Å². The molecule has 2 aromatic rings. The van der Waals surface area contributed by atoms with Crippen LogP contribution in [0.5, 0.6) is 5.75 Å². The molecule has 0 radical (unpaired) electrons. The molecule has 6 nitrogen and oxygen atoms in total. The highest BCUT2D eigenvalue weighted by Gasteiger charge is 2.09. The highest BCUT2D eigenvalue weighted by Crippen LogP contribution is 2.26. The molecule has 1 N–H and O–H groups in total. The van der Waals surface area contributed by atoms with Crippen molar-refractivity contribution in [2.75, 3.05) is 20.2 Å². The first-order chi connectivity index (χ1) is 10.3. The smallest absolute Gasteiger partial charge is 0.209 e. The predicted molar refractivity (Wildman–Crippen MR) is 83.5 cm³/mol. The first-order valence-corrected chi connectivity index (χ1v) is 8.05. The van der Waals surface area contributed by atoms with Crippen LogP contribution in [0.2, 0.25) is 0 Å². The lowest BCUT2D eigenvalue weighted by Crippen LogP contribution is -2.21. The van der Waals surface area contributed by atoms with Crippen LogP contribution in [-0.4, -0.2) is 40.4 Å². The van der Waals surface area contributed by atoms with Gasteiger partial charge in [0.1, 0.15) is 5.75 Å². The summed E-state index contributed by atoms with van der Waals surface area (Å²) in [5.41, 5.74) is 1.14. The summed E-state index contributed by atoms with van der Waals surface area (Å²) in [7, 11) is 1.69. The number of thioether (sulfide) groups is 1. The van der Waals surface area contributed by atoms with E-state index in [1.54, 1.807) is 18.9 Å². The summed E-state index contributed by atoms with van der Waals surface area (Å²) in [4.78, 5) is 0. The van der Waals surface area contributed by atoms with Crippen LogP contribution in [-0.2, 0) is 12.3 Å². The van der Waals surface area contributed by atoms with E-state index in [1.807, 2.05) is 22.9 Å². The first-order valence-electron chi connectivity index (χ1n) is 7.06. The number of rotatable bonds is 9. The Morgan fingerprint density at radius 3 is 2.95 bits per heavy atom. The maximum absolute atomic E-state index is 5.36. The van der Waals surface area contributed by atoms with Crippen LogP contribution in [0.1, 0.15) is 18.9 Å². The number of benzene rings is 1. The topological polar surface area (TPSA) is 64.9 Å². The molecule has 7 heteroatoms. The number of hydrogen-bond donors (Lipinski definition) is 1. The quantitative estimate of drug-likeness (QED) is 0.564. The minimum absolute atomic E-state index is 0.779. The number of nitrogens with one attached hydrogen (secondary N) is 1. The van der Waals surface area contributed by atoms with Gasteiger partial charge < -0.3 is 10.1 Å². The van der Waals surface area contributed by atoms with E-state index < -0.39 is 0 Å². The second kappa shape index (κ2) is 8.63. The molecule has 0 unspecified atom stereocenters. The average molecular weight is 307 g/mol. The fourth-order valence-corrected chi connectivity index (χ4v) is 2.79. The van der Waals surface area contributed by atoms with E-state index in [-0.39, 0.29) is 0 Å². The summed E-state index contributed by atoms with van der Waals surface area (Å²) in [6, 6.07) is 8.00. The third kappa shape index (κ3) is 4.71. The molecule has 1 heterocycles. The van der Waals surface area contributed by atoms with Crippen LogP contribution < -0.4 is 10.1 Å². The Morgan fingerprint density at radius 2 is 2.14 bits per heavy atom. The molecule has 0 spiro atoms. The maximum Gasteiger partial charge on any atom is 0.209 e. The Morgan fingerprint density at radius 1 is 1.29 bits per heavy atom. The van der Waals surface area contributed by atoms with Gasteiger partial charge in [-0.1, -0.05) is 36.9 Å². The molecule has 114 valence electrons. The average Bonchev–Trinajstić information content (AvgIpc) is 2.97. The van der Waals surface area contributed by atoms with E-state index in [9.17, 15) is 0 Å². The van der Waals surface area contributed by atoms with E-state index in [0.717, 1.165) is 48.3 Å². The van der Waals surface area contributed by atoms with Crippen LogP contribution in [0.15, 0.2) is 29.4 Å². The summed E-state index contributed by atoms with van der Waals surface area (Å²) in [5, 5.41) is 16.1. The minimum atomic E-state index is 0.779. The third-order valence-corrected chi connectivity index (χ3v) is 3.98. The molecule has 1 aromatic carbocycles. The fourth-order valence-electron chi connectivity index (χ4n) is 1.89. The van der Waals surface area contributed by atoms with Gasteiger partial charge >= 0.3 is 0 Å². The van der Waals surface area contributed by atoms with Gasteiger partial charge in [0.25, 0.3) is 0 Å². The highest BCUT2D eigenvalue weighted by molar-refractivity contribution is 7.98. The molecule has 0 aliphatic carbocycles. The lowest BCUT2D eigenvalue weighted by Gasteiger charge is -2.08. The summed E-state index contributed by atoms with van der Waals surface area (Å²) >= 11 is 1.62. The molecule has 0 aliphatic heterocycles. The number of ether oxygens (including phenoxy) is 1. The largest absolute Gasteiger partial charge is 0.496 e. The number of para-hydroxylation sites is 1. The summed E-state index contributed by atoms with van der Waals surface area (Å²) in [6.45, 7) is 4.83. The van der Waals surface area contributed by atoms with E-state index in [2.05, 4.69) is 33.8 Å². The van der Waals surface area contributed by atoms with Gasteiger partial charge in [0.2, 0.25) is 5.16 Å². The highest BCUT2D eigenvalue weighted by atomic mass is 32.2. The lowest BCUT2D eigenvalue weighted by molar-refractivity contribution is 0.411. The van der Waals surface area contributed by atoms with Crippen molar-refractivity contribution in [2.24, 2.45) is 0 Å². The van der Waals surface area contributed by atoms with Gasteiger partial charge in [-0.05, 0) is 29.5 Å². The Labute approximate surface area is 129 Å². The van der Waals surface area contributed by atoms with Crippen molar-refractivity contribution in [3.63, 3.8) is 0 Å². The predicted octanol–water partition coefficient (Wildman–Crippen LogP) is 1.97. The molecule has 2 rings (SSSR count). The maximum atomic E-state index is 5.36. The SMILES string of the molecule is CCCNCCn1nnnc1SCc1ccccc1OC. The lowest BCUT2D eigenvalue weighted by atomic mass is 10.2. The normalized spacial score (nSPS) is 10.8. The molecule has 0 bridgehead atoms. The number of tetrazole rings is 1. The van der Waals surface area contributed by atoms with E-state index >= 15 is 0 Å². The molecule has 0 saturated heterocycles. The standard InChI is InChI=1S/C14H21N5OS/c1-3-8-15-9-10-19-14(16-17-18-19)21-11-12-6-4-5-7-13(12)20-2/h4-7,15H,3,8-11H2,1-2H3. The number of nitrogens with zero attached hydrogens (tertiary/aromatic N) is 4. The number of methoxy groups -OCH3 is 1.